The highest BCUT2D eigenvalue weighted by molar-refractivity contribution is 6.01. The van der Waals surface area contributed by atoms with E-state index in [2.05, 4.69) is 27.9 Å². The molecule has 0 bridgehead atoms. The van der Waals surface area contributed by atoms with Crippen LogP contribution in [0.5, 0.6) is 0 Å². The molecule has 7 nitrogen and oxygen atoms in total. The summed E-state index contributed by atoms with van der Waals surface area (Å²) in [6, 6.07) is 5.77. The molecule has 3 aliphatic rings. The number of nitrogens with one attached hydrogen (secondary N) is 2. The van der Waals surface area contributed by atoms with Gasteiger partial charge in [0.05, 0.1) is 5.69 Å². The van der Waals surface area contributed by atoms with Gasteiger partial charge in [-0.3, -0.25) is 9.59 Å². The summed E-state index contributed by atoms with van der Waals surface area (Å²) in [5, 5.41) is 9.95. The predicted octanol–water partition coefficient (Wildman–Crippen LogP) is 4.68. The van der Waals surface area contributed by atoms with Crippen LogP contribution in [0.25, 0.3) is 0 Å². The minimum absolute atomic E-state index is 0.117. The van der Waals surface area contributed by atoms with E-state index in [9.17, 15) is 9.59 Å². The van der Waals surface area contributed by atoms with Crippen molar-refractivity contribution in [1.29, 1.82) is 0 Å². The molecule has 2 aliphatic carbocycles. The molecular formula is C27H35N3O4. The second kappa shape index (κ2) is 9.90. The molecule has 2 aromatic rings. The van der Waals surface area contributed by atoms with Gasteiger partial charge < -0.3 is 19.9 Å². The molecule has 2 heterocycles. The van der Waals surface area contributed by atoms with Crippen LogP contribution >= 0.6 is 0 Å². The van der Waals surface area contributed by atoms with Crippen LogP contribution in [0, 0.1) is 12.8 Å². The second-order valence-corrected chi connectivity index (χ2v) is 10.3. The fraction of sp³-hybridized carbons (Fsp3) is 0.593. The number of carbonyl (C=O) groups is 2. The molecule has 1 atom stereocenters. The van der Waals surface area contributed by atoms with E-state index in [1.807, 2.05) is 6.07 Å². The van der Waals surface area contributed by atoms with Crippen molar-refractivity contribution in [1.82, 2.24) is 10.5 Å². The number of hydrogen-bond donors (Lipinski definition) is 2. The van der Waals surface area contributed by atoms with Gasteiger partial charge in [0.15, 0.2) is 0 Å². The van der Waals surface area contributed by atoms with Gasteiger partial charge in [-0.2, -0.15) is 0 Å². The Morgan fingerprint density at radius 3 is 2.56 bits per heavy atom. The van der Waals surface area contributed by atoms with Crippen LogP contribution in [0.2, 0.25) is 0 Å². The number of amides is 2. The molecule has 1 saturated carbocycles. The van der Waals surface area contributed by atoms with E-state index in [-0.39, 0.29) is 23.1 Å². The largest absolute Gasteiger partial charge is 0.381 e. The van der Waals surface area contributed by atoms with E-state index in [0.29, 0.717) is 11.3 Å². The number of benzene rings is 1. The third kappa shape index (κ3) is 4.63. The Labute approximate surface area is 201 Å². The zero-order chi connectivity index (χ0) is 23.5. The normalized spacial score (nSPS) is 21.0. The van der Waals surface area contributed by atoms with Crippen molar-refractivity contribution < 1.29 is 18.8 Å². The number of nitrogens with zero attached hydrogens (tertiary/aromatic N) is 1. The summed E-state index contributed by atoms with van der Waals surface area (Å²) in [5.41, 5.74) is 4.70. The summed E-state index contributed by atoms with van der Waals surface area (Å²) < 4.78 is 10.5. The molecule has 1 spiro atoms. The molecular weight excluding hydrogens is 430 g/mol. The SMILES string of the molecule is Cc1nocc1C(=O)NC(C(=O)Nc1ccc2c(c1)CCC21CCOCC1)C1CCCCCC1. The first-order chi connectivity index (χ1) is 16.6. The van der Waals surface area contributed by atoms with E-state index in [4.69, 9.17) is 9.26 Å². The van der Waals surface area contributed by atoms with Crippen LogP contribution in [0.3, 0.4) is 0 Å². The first-order valence-electron chi connectivity index (χ1n) is 12.8. The van der Waals surface area contributed by atoms with E-state index >= 15 is 0 Å². The number of fused-ring (bicyclic) bond motifs is 2. The number of aromatic nitrogens is 1. The lowest BCUT2D eigenvalue weighted by atomic mass is 9.75. The van der Waals surface area contributed by atoms with E-state index in [1.165, 1.54) is 30.2 Å². The summed E-state index contributed by atoms with van der Waals surface area (Å²) in [6.45, 7) is 3.38. The summed E-state index contributed by atoms with van der Waals surface area (Å²) in [5.74, 6) is -0.335. The van der Waals surface area contributed by atoms with Gasteiger partial charge >= 0.3 is 0 Å². The number of carbonyl (C=O) groups excluding carboxylic acids is 2. The van der Waals surface area contributed by atoms with Crippen molar-refractivity contribution in [2.45, 2.75) is 82.6 Å². The minimum atomic E-state index is -0.588. The highest BCUT2D eigenvalue weighted by Gasteiger charge is 2.40. The summed E-state index contributed by atoms with van der Waals surface area (Å²) >= 11 is 0. The van der Waals surface area contributed by atoms with Crippen LogP contribution in [0.4, 0.5) is 5.69 Å². The molecule has 2 fully saturated rings. The highest BCUT2D eigenvalue weighted by Crippen LogP contribution is 2.46. The lowest BCUT2D eigenvalue weighted by molar-refractivity contribution is -0.119. The summed E-state index contributed by atoms with van der Waals surface area (Å²) in [4.78, 5) is 26.5. The van der Waals surface area contributed by atoms with Crippen LogP contribution in [0.1, 0.15) is 85.0 Å². The first kappa shape index (κ1) is 23.1. The molecule has 7 heteroatoms. The maximum atomic E-state index is 13.5. The average Bonchev–Trinajstić information content (AvgIpc) is 3.30. The topological polar surface area (TPSA) is 93.5 Å². The highest BCUT2D eigenvalue weighted by atomic mass is 16.5. The molecule has 1 aromatic heterocycles. The Balaban J connectivity index is 1.34. The van der Waals surface area contributed by atoms with Gasteiger partial charge in [-0.25, -0.2) is 0 Å². The van der Waals surface area contributed by atoms with Crippen LogP contribution in [-0.4, -0.2) is 36.2 Å². The van der Waals surface area contributed by atoms with Crippen molar-refractivity contribution >= 4 is 17.5 Å². The number of hydrogen-bond acceptors (Lipinski definition) is 5. The Morgan fingerprint density at radius 1 is 1.09 bits per heavy atom. The Kier molecular flexibility index (Phi) is 6.73. The zero-order valence-corrected chi connectivity index (χ0v) is 20.0. The van der Waals surface area contributed by atoms with E-state index in [0.717, 1.165) is 70.3 Å². The minimum Gasteiger partial charge on any atom is -0.381 e. The van der Waals surface area contributed by atoms with Crippen molar-refractivity contribution in [3.8, 4) is 0 Å². The van der Waals surface area contributed by atoms with Gasteiger partial charge in [-0.15, -0.1) is 0 Å². The quantitative estimate of drug-likeness (QED) is 0.625. The van der Waals surface area contributed by atoms with Gasteiger partial charge in [-0.05, 0) is 74.6 Å². The maximum Gasteiger partial charge on any atom is 0.257 e. The predicted molar refractivity (Wildman–Crippen MR) is 129 cm³/mol. The lowest BCUT2D eigenvalue weighted by Crippen LogP contribution is -2.48. The maximum absolute atomic E-state index is 13.5. The number of aryl methyl sites for hydroxylation is 2. The zero-order valence-electron chi connectivity index (χ0n) is 20.0. The van der Waals surface area contributed by atoms with Crippen LogP contribution < -0.4 is 10.6 Å². The molecule has 1 unspecified atom stereocenters. The first-order valence-corrected chi connectivity index (χ1v) is 12.8. The number of rotatable bonds is 5. The molecule has 5 rings (SSSR count). The van der Waals surface area contributed by atoms with Crippen molar-refractivity contribution in [2.75, 3.05) is 18.5 Å². The van der Waals surface area contributed by atoms with E-state index in [1.54, 1.807) is 6.92 Å². The van der Waals surface area contributed by atoms with Crippen LogP contribution in [-0.2, 0) is 21.4 Å². The fourth-order valence-corrected chi connectivity index (χ4v) is 6.18. The van der Waals surface area contributed by atoms with Gasteiger partial charge in [0, 0.05) is 24.3 Å². The van der Waals surface area contributed by atoms with Crippen molar-refractivity contribution in [2.24, 2.45) is 5.92 Å². The fourth-order valence-electron chi connectivity index (χ4n) is 6.18. The summed E-state index contributed by atoms with van der Waals surface area (Å²) in [6.07, 6.45) is 12.1. The number of anilines is 1. The van der Waals surface area contributed by atoms with Gasteiger partial charge in [0.25, 0.3) is 5.91 Å². The summed E-state index contributed by atoms with van der Waals surface area (Å²) in [7, 11) is 0. The van der Waals surface area contributed by atoms with Gasteiger partial charge in [0.1, 0.15) is 17.9 Å². The molecule has 2 amide bonds. The Hall–Kier alpha value is -2.67. The Bertz CT molecular complexity index is 1030. The lowest BCUT2D eigenvalue weighted by Gasteiger charge is -2.34. The smallest absolute Gasteiger partial charge is 0.257 e. The van der Waals surface area contributed by atoms with Crippen molar-refractivity contribution in [3.63, 3.8) is 0 Å². The third-order valence-electron chi connectivity index (χ3n) is 8.20. The van der Waals surface area contributed by atoms with Crippen LogP contribution in [0.15, 0.2) is 29.0 Å². The molecule has 1 saturated heterocycles. The van der Waals surface area contributed by atoms with Gasteiger partial charge in [-0.1, -0.05) is 36.9 Å². The molecule has 0 radical (unpaired) electrons. The van der Waals surface area contributed by atoms with E-state index < -0.39 is 6.04 Å². The monoisotopic (exact) mass is 465 g/mol. The molecule has 182 valence electrons. The molecule has 34 heavy (non-hydrogen) atoms. The van der Waals surface area contributed by atoms with Crippen molar-refractivity contribution in [3.05, 3.63) is 46.8 Å². The standard InChI is InChI=1S/C27H35N3O4/c1-18-22(17-34-30-18)25(31)29-24(19-6-4-2-3-5-7-19)26(32)28-21-8-9-23-20(16-21)10-11-27(23)12-14-33-15-13-27/h8-9,16-17,19,24H,2-7,10-15H2,1H3,(H,28,32)(H,29,31). The molecule has 1 aromatic carbocycles. The number of ether oxygens (including phenoxy) is 1. The second-order valence-electron chi connectivity index (χ2n) is 10.3. The Morgan fingerprint density at radius 2 is 1.85 bits per heavy atom. The molecule has 1 aliphatic heterocycles. The molecule has 2 N–H and O–H groups in total. The third-order valence-corrected chi connectivity index (χ3v) is 8.20. The average molecular weight is 466 g/mol. The van der Waals surface area contributed by atoms with Gasteiger partial charge in [0.2, 0.25) is 5.91 Å².